The Labute approximate surface area is 126 Å². The summed E-state index contributed by atoms with van der Waals surface area (Å²) in [7, 11) is 0. The van der Waals surface area contributed by atoms with Crippen LogP contribution in [0.3, 0.4) is 0 Å². The first-order valence-corrected chi connectivity index (χ1v) is 8.10. The fourth-order valence-corrected chi connectivity index (χ4v) is 3.61. The number of nitrogens with zero attached hydrogens (tertiary/aromatic N) is 1. The first-order chi connectivity index (χ1) is 10.3. The minimum Gasteiger partial charge on any atom is -0.349 e. The van der Waals surface area contributed by atoms with Crippen molar-refractivity contribution in [2.75, 3.05) is 19.6 Å². The van der Waals surface area contributed by atoms with E-state index in [9.17, 15) is 4.79 Å². The predicted octanol–water partition coefficient (Wildman–Crippen LogP) is 1.54. The number of nitrogens with one attached hydrogen (secondary N) is 1. The van der Waals surface area contributed by atoms with E-state index in [0.29, 0.717) is 18.6 Å². The van der Waals surface area contributed by atoms with Crippen LogP contribution in [0.5, 0.6) is 0 Å². The molecular weight excluding hydrogens is 262 g/mol. The van der Waals surface area contributed by atoms with Crippen molar-refractivity contribution < 1.29 is 4.79 Å². The Kier molecular flexibility index (Phi) is 4.56. The molecule has 2 atom stereocenters. The van der Waals surface area contributed by atoms with Crippen LogP contribution in [0.1, 0.15) is 41.6 Å². The van der Waals surface area contributed by atoms with Crippen LogP contribution in [-0.4, -0.2) is 42.5 Å². The van der Waals surface area contributed by atoms with Gasteiger partial charge in [-0.25, -0.2) is 0 Å². The first-order valence-electron chi connectivity index (χ1n) is 8.10. The largest absolute Gasteiger partial charge is 0.349 e. The zero-order valence-electron chi connectivity index (χ0n) is 12.6. The molecule has 2 aliphatic rings. The predicted molar refractivity (Wildman–Crippen MR) is 84.3 cm³/mol. The molecule has 0 aliphatic carbocycles. The molecule has 4 nitrogen and oxygen atoms in total. The summed E-state index contributed by atoms with van der Waals surface area (Å²) in [5, 5.41) is 3.21. The molecule has 0 aromatic heterocycles. The molecule has 2 saturated heterocycles. The molecule has 4 heteroatoms. The lowest BCUT2D eigenvalue weighted by Crippen LogP contribution is -2.47. The van der Waals surface area contributed by atoms with Crippen molar-refractivity contribution in [3.8, 4) is 0 Å². The van der Waals surface area contributed by atoms with E-state index in [2.05, 4.69) is 10.2 Å². The third-order valence-corrected chi connectivity index (χ3v) is 4.80. The minimum absolute atomic E-state index is 0.0609. The number of carbonyl (C=O) groups excluding carboxylic acids is 1. The quantitative estimate of drug-likeness (QED) is 0.883. The molecular formula is C17H25N3O. The molecule has 2 fully saturated rings. The molecule has 3 rings (SSSR count). The molecule has 1 amide bonds. The van der Waals surface area contributed by atoms with Gasteiger partial charge in [-0.1, -0.05) is 12.1 Å². The van der Waals surface area contributed by atoms with Crippen LogP contribution in [0.4, 0.5) is 0 Å². The molecule has 0 radical (unpaired) electrons. The number of fused-ring (bicyclic) bond motifs is 1. The number of hydrogen-bond donors (Lipinski definition) is 2. The number of benzene rings is 1. The maximum atomic E-state index is 12.3. The monoisotopic (exact) mass is 287 g/mol. The maximum Gasteiger partial charge on any atom is 0.251 e. The highest BCUT2D eigenvalue weighted by Gasteiger charge is 2.32. The fourth-order valence-electron chi connectivity index (χ4n) is 3.61. The van der Waals surface area contributed by atoms with Crippen LogP contribution >= 0.6 is 0 Å². The van der Waals surface area contributed by atoms with E-state index in [1.54, 1.807) is 0 Å². The van der Waals surface area contributed by atoms with Crippen molar-refractivity contribution >= 4 is 5.91 Å². The summed E-state index contributed by atoms with van der Waals surface area (Å²) in [5.41, 5.74) is 7.48. The number of piperidine rings is 1. The Morgan fingerprint density at radius 3 is 2.81 bits per heavy atom. The Morgan fingerprint density at radius 2 is 2.05 bits per heavy atom. The van der Waals surface area contributed by atoms with Crippen molar-refractivity contribution in [1.82, 2.24) is 10.2 Å². The Morgan fingerprint density at radius 1 is 1.24 bits per heavy atom. The van der Waals surface area contributed by atoms with E-state index in [4.69, 9.17) is 5.73 Å². The SMILES string of the molecule is NCCc1ccc(C(=O)NC2CCN3CCCC3C2)cc1. The van der Waals surface area contributed by atoms with E-state index in [1.807, 2.05) is 24.3 Å². The summed E-state index contributed by atoms with van der Waals surface area (Å²) >= 11 is 0. The maximum absolute atomic E-state index is 12.3. The highest BCUT2D eigenvalue weighted by atomic mass is 16.1. The summed E-state index contributed by atoms with van der Waals surface area (Å²) < 4.78 is 0. The lowest BCUT2D eigenvalue weighted by Gasteiger charge is -2.35. The molecule has 1 aromatic carbocycles. The molecule has 3 N–H and O–H groups in total. The molecule has 2 heterocycles. The van der Waals surface area contributed by atoms with Gasteiger partial charge in [0.15, 0.2) is 0 Å². The Balaban J connectivity index is 1.55. The van der Waals surface area contributed by atoms with Crippen molar-refractivity contribution in [3.63, 3.8) is 0 Å². The lowest BCUT2D eigenvalue weighted by molar-refractivity contribution is 0.0896. The zero-order valence-corrected chi connectivity index (χ0v) is 12.6. The number of nitrogens with two attached hydrogens (primary N) is 1. The number of hydrogen-bond acceptors (Lipinski definition) is 3. The van der Waals surface area contributed by atoms with E-state index < -0.39 is 0 Å². The van der Waals surface area contributed by atoms with Gasteiger partial charge < -0.3 is 16.0 Å². The number of amides is 1. The van der Waals surface area contributed by atoms with Gasteiger partial charge in [-0.15, -0.1) is 0 Å². The van der Waals surface area contributed by atoms with Gasteiger partial charge in [0.05, 0.1) is 0 Å². The number of carbonyl (C=O) groups is 1. The Hall–Kier alpha value is -1.39. The molecule has 2 unspecified atom stereocenters. The van der Waals surface area contributed by atoms with Gasteiger partial charge in [0.2, 0.25) is 0 Å². The molecule has 0 spiro atoms. The molecule has 2 aliphatic heterocycles. The lowest BCUT2D eigenvalue weighted by atomic mass is 9.97. The van der Waals surface area contributed by atoms with Crippen molar-refractivity contribution in [2.45, 2.75) is 44.2 Å². The van der Waals surface area contributed by atoms with Gasteiger partial charge >= 0.3 is 0 Å². The summed E-state index contributed by atoms with van der Waals surface area (Å²) in [6.45, 7) is 3.02. The van der Waals surface area contributed by atoms with Crippen LogP contribution in [0.25, 0.3) is 0 Å². The van der Waals surface area contributed by atoms with Gasteiger partial charge in [0, 0.05) is 24.2 Å². The zero-order chi connectivity index (χ0) is 14.7. The van der Waals surface area contributed by atoms with Crippen molar-refractivity contribution in [2.24, 2.45) is 5.73 Å². The second-order valence-electron chi connectivity index (χ2n) is 6.26. The number of rotatable bonds is 4. The van der Waals surface area contributed by atoms with Gasteiger partial charge in [-0.3, -0.25) is 4.79 Å². The van der Waals surface area contributed by atoms with Gasteiger partial charge in [-0.05, 0) is 62.9 Å². The summed E-state index contributed by atoms with van der Waals surface area (Å²) in [5.74, 6) is 0.0609. The van der Waals surface area contributed by atoms with E-state index in [1.165, 1.54) is 24.9 Å². The highest BCUT2D eigenvalue weighted by molar-refractivity contribution is 5.94. The molecule has 1 aromatic rings. The standard InChI is InChI=1S/C17H25N3O/c18-9-7-13-3-5-14(6-4-13)17(21)19-15-8-11-20-10-1-2-16(20)12-15/h3-6,15-16H,1-2,7-12,18H2,(H,19,21). The average molecular weight is 287 g/mol. The second kappa shape index (κ2) is 6.58. The molecule has 114 valence electrons. The van der Waals surface area contributed by atoms with Gasteiger partial charge in [0.25, 0.3) is 5.91 Å². The fraction of sp³-hybridized carbons (Fsp3) is 0.588. The van der Waals surface area contributed by atoms with Crippen LogP contribution in [0.2, 0.25) is 0 Å². The van der Waals surface area contributed by atoms with Crippen molar-refractivity contribution in [1.29, 1.82) is 0 Å². The smallest absolute Gasteiger partial charge is 0.251 e. The van der Waals surface area contributed by atoms with E-state index in [0.717, 1.165) is 31.4 Å². The summed E-state index contributed by atoms with van der Waals surface area (Å²) in [6.07, 6.45) is 5.65. The summed E-state index contributed by atoms with van der Waals surface area (Å²) in [4.78, 5) is 14.9. The topological polar surface area (TPSA) is 58.4 Å². The van der Waals surface area contributed by atoms with Crippen LogP contribution in [0.15, 0.2) is 24.3 Å². The van der Waals surface area contributed by atoms with Crippen LogP contribution < -0.4 is 11.1 Å². The van der Waals surface area contributed by atoms with E-state index >= 15 is 0 Å². The highest BCUT2D eigenvalue weighted by Crippen LogP contribution is 2.26. The van der Waals surface area contributed by atoms with Gasteiger partial charge in [-0.2, -0.15) is 0 Å². The second-order valence-corrected chi connectivity index (χ2v) is 6.26. The molecule has 21 heavy (non-hydrogen) atoms. The van der Waals surface area contributed by atoms with E-state index in [-0.39, 0.29) is 5.91 Å². The van der Waals surface area contributed by atoms with Crippen LogP contribution in [-0.2, 0) is 6.42 Å². The average Bonchev–Trinajstić information content (AvgIpc) is 2.96. The first kappa shape index (κ1) is 14.5. The minimum atomic E-state index is 0.0609. The third kappa shape index (κ3) is 3.44. The van der Waals surface area contributed by atoms with Crippen molar-refractivity contribution in [3.05, 3.63) is 35.4 Å². The van der Waals surface area contributed by atoms with Crippen LogP contribution in [0, 0.1) is 0 Å². The normalized spacial score (nSPS) is 25.6. The Bertz CT molecular complexity index is 485. The third-order valence-electron chi connectivity index (χ3n) is 4.80. The van der Waals surface area contributed by atoms with Gasteiger partial charge in [0.1, 0.15) is 0 Å². The molecule has 0 saturated carbocycles. The molecule has 0 bridgehead atoms. The summed E-state index contributed by atoms with van der Waals surface area (Å²) in [6, 6.07) is 8.84.